The Bertz CT molecular complexity index is 1370. The van der Waals surface area contributed by atoms with Gasteiger partial charge in [-0.3, -0.25) is 26.1 Å². The van der Waals surface area contributed by atoms with Crippen molar-refractivity contribution >= 4 is 35.5 Å². The van der Waals surface area contributed by atoms with Crippen molar-refractivity contribution in [3.63, 3.8) is 0 Å². The van der Waals surface area contributed by atoms with E-state index in [0.29, 0.717) is 32.7 Å². The molecule has 3 amide bonds. The number of halogens is 4. The summed E-state index contributed by atoms with van der Waals surface area (Å²) in [4.78, 5) is 43.6. The molecule has 0 aliphatic carbocycles. The van der Waals surface area contributed by atoms with E-state index in [1.165, 1.54) is 49.3 Å². The Hall–Kier alpha value is -2.27. The summed E-state index contributed by atoms with van der Waals surface area (Å²) in [6.45, 7) is 5.74. The van der Waals surface area contributed by atoms with E-state index in [0.717, 1.165) is 11.1 Å². The van der Waals surface area contributed by atoms with Crippen LogP contribution in [0.4, 0.5) is 18.9 Å². The molecule has 0 atom stereocenters. The molecule has 0 unspecified atom stereocenters. The summed E-state index contributed by atoms with van der Waals surface area (Å²) in [5, 5.41) is 8.76. The number of aryl methyl sites for hydroxylation is 1. The number of hydrogen-bond acceptors (Lipinski definition) is 6. The molecular weight excluding hydrogens is 592 g/mol. The smallest absolute Gasteiger partial charge is 0.498 e. The van der Waals surface area contributed by atoms with Crippen LogP contribution in [0.15, 0.2) is 30.6 Å². The van der Waals surface area contributed by atoms with Gasteiger partial charge in [0.05, 0.1) is 28.0 Å². The molecule has 41 heavy (non-hydrogen) atoms. The first kappa shape index (κ1) is 34.9. The van der Waals surface area contributed by atoms with Crippen molar-refractivity contribution in [2.24, 2.45) is 14.1 Å². The van der Waals surface area contributed by atoms with Crippen molar-refractivity contribution in [1.82, 2.24) is 34.4 Å². The van der Waals surface area contributed by atoms with E-state index in [-0.39, 0.29) is 90.6 Å². The second kappa shape index (κ2) is 15.3. The van der Waals surface area contributed by atoms with Crippen LogP contribution in [0.1, 0.15) is 26.7 Å². The molecule has 0 bridgehead atoms. The van der Waals surface area contributed by atoms with Crippen LogP contribution in [0.5, 0.6) is 0 Å². The van der Waals surface area contributed by atoms with Gasteiger partial charge in [-0.15, -0.1) is 0 Å². The van der Waals surface area contributed by atoms with Gasteiger partial charge in [0.2, 0.25) is 6.41 Å². The number of imidazole rings is 1. The maximum absolute atomic E-state index is 13.4. The summed E-state index contributed by atoms with van der Waals surface area (Å²) in [7, 11) is 6.08. The van der Waals surface area contributed by atoms with E-state index < -0.39 is 17.8 Å². The Balaban J connectivity index is 0.00000110. The van der Waals surface area contributed by atoms with Crippen LogP contribution in [-0.2, 0) is 25.1 Å². The molecule has 0 saturated carbocycles. The number of carbonyl (C=O) groups excluding carboxylic acids is 3. The van der Waals surface area contributed by atoms with E-state index >= 15 is 0 Å². The predicted molar refractivity (Wildman–Crippen MR) is 142 cm³/mol. The van der Waals surface area contributed by atoms with Gasteiger partial charge in [-0.2, -0.15) is 24.8 Å². The fourth-order valence-electron chi connectivity index (χ4n) is 3.91. The summed E-state index contributed by atoms with van der Waals surface area (Å²) in [5.74, 6) is -1.11. The van der Waals surface area contributed by atoms with Crippen molar-refractivity contribution in [2.75, 3.05) is 38.0 Å². The predicted octanol–water partition coefficient (Wildman–Crippen LogP) is -0.135. The van der Waals surface area contributed by atoms with Crippen LogP contribution in [-0.4, -0.2) is 80.1 Å². The molecule has 2 aromatic heterocycles. The first-order valence-electron chi connectivity index (χ1n) is 11.9. The van der Waals surface area contributed by atoms with Crippen molar-refractivity contribution in [3.05, 3.63) is 66.7 Å². The molecular formula is C25H28ClF3KN8O3-. The molecule has 4 rings (SSSR count). The third-order valence-electron chi connectivity index (χ3n) is 5.95. The number of benzene rings is 1. The summed E-state index contributed by atoms with van der Waals surface area (Å²) in [5.41, 5.74) is -0.716. The fourth-order valence-corrected chi connectivity index (χ4v) is 4.17. The van der Waals surface area contributed by atoms with E-state index in [9.17, 15) is 27.6 Å². The van der Waals surface area contributed by atoms with Crippen LogP contribution in [0.2, 0.25) is 5.02 Å². The molecule has 0 spiro atoms. The van der Waals surface area contributed by atoms with E-state index in [1.54, 1.807) is 9.80 Å². The van der Waals surface area contributed by atoms with E-state index in [2.05, 4.69) is 34.7 Å². The van der Waals surface area contributed by atoms with Gasteiger partial charge in [-0.05, 0) is 18.2 Å². The first-order valence-corrected chi connectivity index (χ1v) is 12.3. The quantitative estimate of drug-likeness (QED) is 0.226. The molecule has 0 radical (unpaired) electrons. The number of anilines is 1. The molecule has 11 nitrogen and oxygen atoms in total. The van der Waals surface area contributed by atoms with Crippen LogP contribution >= 0.6 is 11.6 Å². The van der Waals surface area contributed by atoms with E-state index in [4.69, 9.17) is 11.6 Å². The second-order valence-corrected chi connectivity index (χ2v) is 9.08. The number of hydrogen-bond donors (Lipinski definition) is 2. The first-order chi connectivity index (χ1) is 18.9. The summed E-state index contributed by atoms with van der Waals surface area (Å²) in [6.07, 6.45) is -1.57. The molecule has 3 heterocycles. The zero-order valence-corrected chi connectivity index (χ0v) is 26.7. The number of nitrogens with zero attached hydrogens (tertiary/aromatic N) is 6. The Morgan fingerprint density at radius 1 is 1.17 bits per heavy atom. The second-order valence-electron chi connectivity index (χ2n) is 8.67. The van der Waals surface area contributed by atoms with Gasteiger partial charge in [0, 0.05) is 52.2 Å². The molecule has 1 fully saturated rings. The number of amides is 3. The summed E-state index contributed by atoms with van der Waals surface area (Å²) < 4.78 is 42.4. The van der Waals surface area contributed by atoms with Crippen LogP contribution in [0.3, 0.4) is 0 Å². The summed E-state index contributed by atoms with van der Waals surface area (Å²) >= 11 is 6.30. The number of piperazine rings is 1. The largest absolute Gasteiger partial charge is 1.00 e. The molecule has 1 saturated heterocycles. The Labute approximate surface area is 282 Å². The fraction of sp³-hybridized carbons (Fsp3) is 0.320. The van der Waals surface area contributed by atoms with Crippen molar-refractivity contribution < 1.29 is 78.9 Å². The van der Waals surface area contributed by atoms with Crippen LogP contribution in [0, 0.1) is 14.0 Å². The van der Waals surface area contributed by atoms with Gasteiger partial charge < -0.3 is 31.9 Å². The van der Waals surface area contributed by atoms with Crippen molar-refractivity contribution in [1.29, 1.82) is 0 Å². The van der Waals surface area contributed by atoms with Gasteiger partial charge >= 0.3 is 57.6 Å². The number of rotatable bonds is 6. The number of carbonyl (C=O) groups is 3. The zero-order chi connectivity index (χ0) is 29.6. The number of nitrogens with one attached hydrogen (secondary N) is 2. The van der Waals surface area contributed by atoms with Crippen molar-refractivity contribution in [3.8, 4) is 11.3 Å². The molecule has 1 aromatic carbocycles. The van der Waals surface area contributed by atoms with Crippen LogP contribution in [0.25, 0.3) is 11.3 Å². The van der Waals surface area contributed by atoms with Gasteiger partial charge in [-0.1, -0.05) is 11.6 Å². The van der Waals surface area contributed by atoms with Gasteiger partial charge in [-0.25, -0.2) is 4.98 Å². The topological polar surface area (TPSA) is 117 Å². The minimum Gasteiger partial charge on any atom is -0.498 e. The average Bonchev–Trinajstić information content (AvgIpc) is 3.50. The SMILES string of the molecule is Cn1cc(-c2cnc(C(=O)Nc3ccc(C(=O)N4CCN(C=O)CC4)c(Cl)c3)n2C)c(C(F)(F)F)n1.[CH2-]CN[CH2-].[K+]. The Morgan fingerprint density at radius 2 is 1.80 bits per heavy atom. The Kier molecular flexibility index (Phi) is 13.0. The maximum atomic E-state index is 13.4. The molecule has 3 aromatic rings. The Morgan fingerprint density at radius 3 is 2.34 bits per heavy atom. The molecule has 1 aliphatic heterocycles. The van der Waals surface area contributed by atoms with Gasteiger partial charge in [0.1, 0.15) is 0 Å². The molecule has 16 heteroatoms. The van der Waals surface area contributed by atoms with Gasteiger partial charge in [0.15, 0.2) is 11.5 Å². The standard InChI is InChI=1S/C22H21ClF3N7O3.C3H7N.K/c1-30-11-15(18(29-30)22(24,25)26)17-10-27-19(31(17)2)20(35)28-13-3-4-14(16(23)9-13)21(36)33-7-5-32(12-34)6-8-33;1-3-4-2;/h3-4,9-12H,5-8H2,1-2H3,(H,28,35);4H,1-3H2;/q;-2;+1. The summed E-state index contributed by atoms with van der Waals surface area (Å²) in [6, 6.07) is 4.37. The molecule has 1 aliphatic rings. The van der Waals surface area contributed by atoms with Crippen LogP contribution < -0.4 is 62.0 Å². The average molecular weight is 620 g/mol. The monoisotopic (exact) mass is 619 g/mol. The van der Waals surface area contributed by atoms with Crippen molar-refractivity contribution in [2.45, 2.75) is 6.18 Å². The third-order valence-corrected chi connectivity index (χ3v) is 6.26. The van der Waals surface area contributed by atoms with Gasteiger partial charge in [0.25, 0.3) is 11.8 Å². The molecule has 216 valence electrons. The third kappa shape index (κ3) is 8.62. The zero-order valence-electron chi connectivity index (χ0n) is 22.8. The minimum absolute atomic E-state index is 0. The minimum atomic E-state index is -4.68. The normalized spacial score (nSPS) is 13.2. The number of aromatic nitrogens is 4. The van der Waals surface area contributed by atoms with E-state index in [1.807, 2.05) is 0 Å². The maximum Gasteiger partial charge on any atom is 1.00 e. The molecule has 2 N–H and O–H groups in total. The number of alkyl halides is 3.